The summed E-state index contributed by atoms with van der Waals surface area (Å²) >= 11 is 0. The molecule has 0 saturated carbocycles. The van der Waals surface area contributed by atoms with Gasteiger partial charge in [-0.3, -0.25) is 0 Å². The Morgan fingerprint density at radius 3 is 2.16 bits per heavy atom. The van der Waals surface area contributed by atoms with Gasteiger partial charge in [0.25, 0.3) is 0 Å². The van der Waals surface area contributed by atoms with Gasteiger partial charge < -0.3 is 0 Å². The lowest BCUT2D eigenvalue weighted by molar-refractivity contribution is 0.714. The molecule has 0 spiro atoms. The Labute approximate surface area is 117 Å². The van der Waals surface area contributed by atoms with Crippen molar-refractivity contribution in [1.82, 2.24) is 0 Å². The molecule has 0 radical (unpaired) electrons. The van der Waals surface area contributed by atoms with Gasteiger partial charge in [0, 0.05) is 0 Å². The van der Waals surface area contributed by atoms with Crippen LogP contribution in [0, 0.1) is 0 Å². The van der Waals surface area contributed by atoms with E-state index >= 15 is 0 Å². The van der Waals surface area contributed by atoms with Crippen molar-refractivity contribution in [2.24, 2.45) is 0 Å². The molecule has 0 saturated heterocycles. The quantitative estimate of drug-likeness (QED) is 0.672. The first-order chi connectivity index (χ1) is 9.26. The van der Waals surface area contributed by atoms with E-state index in [1.54, 1.807) is 5.56 Å². The van der Waals surface area contributed by atoms with E-state index in [9.17, 15) is 0 Å². The molecule has 0 heteroatoms. The van der Waals surface area contributed by atoms with Crippen LogP contribution in [0.1, 0.15) is 55.4 Å². The molecular formula is C19H24. The Morgan fingerprint density at radius 2 is 1.53 bits per heavy atom. The Balaban J connectivity index is 2.39. The van der Waals surface area contributed by atoms with Gasteiger partial charge in [-0.25, -0.2) is 0 Å². The molecule has 0 N–H and O–H groups in total. The Hall–Kier alpha value is -1.56. The zero-order valence-corrected chi connectivity index (χ0v) is 12.3. The van der Waals surface area contributed by atoms with Crippen molar-refractivity contribution in [1.29, 1.82) is 0 Å². The fraction of sp³-hybridized carbons (Fsp3) is 0.368. The van der Waals surface area contributed by atoms with E-state index in [1.165, 1.54) is 23.1 Å². The third-order valence-electron chi connectivity index (χ3n) is 4.01. The monoisotopic (exact) mass is 252 g/mol. The van der Waals surface area contributed by atoms with Crippen molar-refractivity contribution in [3.8, 4) is 0 Å². The van der Waals surface area contributed by atoms with Crippen LogP contribution in [0.2, 0.25) is 0 Å². The van der Waals surface area contributed by atoms with E-state index in [0.29, 0.717) is 5.92 Å². The van der Waals surface area contributed by atoms with Crippen molar-refractivity contribution >= 4 is 0 Å². The van der Waals surface area contributed by atoms with E-state index in [4.69, 9.17) is 0 Å². The molecule has 0 aliphatic rings. The van der Waals surface area contributed by atoms with Gasteiger partial charge >= 0.3 is 0 Å². The summed E-state index contributed by atoms with van der Waals surface area (Å²) in [6.07, 6.45) is 3.38. The van der Waals surface area contributed by atoms with E-state index in [0.717, 1.165) is 12.8 Å². The molecule has 2 rings (SSSR count). The molecule has 19 heavy (non-hydrogen) atoms. The van der Waals surface area contributed by atoms with Crippen molar-refractivity contribution in [2.45, 2.75) is 46.0 Å². The van der Waals surface area contributed by atoms with Gasteiger partial charge in [0.05, 0.1) is 0 Å². The van der Waals surface area contributed by atoms with Crippen LogP contribution in [0.4, 0.5) is 0 Å². The van der Waals surface area contributed by atoms with Crippen molar-refractivity contribution in [2.75, 3.05) is 0 Å². The standard InChI is InChI=1S/C19H24/c1-4-15(3)19-17(5-2)12-9-13-18(19)14-16-10-7-6-8-11-16/h6-13,15H,4-5,14H2,1-3H3. The first-order valence-electron chi connectivity index (χ1n) is 7.40. The smallest absolute Gasteiger partial charge is 0.00228 e. The molecule has 2 aromatic carbocycles. The highest BCUT2D eigenvalue weighted by Crippen LogP contribution is 2.28. The lowest BCUT2D eigenvalue weighted by Gasteiger charge is -2.19. The van der Waals surface area contributed by atoms with Crippen LogP contribution in [-0.4, -0.2) is 0 Å². The predicted octanol–water partition coefficient (Wildman–Crippen LogP) is 5.35. The molecule has 0 nitrogen and oxygen atoms in total. The van der Waals surface area contributed by atoms with Crippen molar-refractivity contribution in [3.63, 3.8) is 0 Å². The lowest BCUT2D eigenvalue weighted by Crippen LogP contribution is -2.04. The van der Waals surface area contributed by atoms with Crippen LogP contribution in [0.5, 0.6) is 0 Å². The van der Waals surface area contributed by atoms with Gasteiger partial charge in [0.2, 0.25) is 0 Å². The normalized spacial score (nSPS) is 12.4. The summed E-state index contributed by atoms with van der Waals surface area (Å²) in [6, 6.07) is 17.6. The second kappa shape index (κ2) is 6.56. The summed E-state index contributed by atoms with van der Waals surface area (Å²) in [4.78, 5) is 0. The minimum absolute atomic E-state index is 0.648. The fourth-order valence-corrected chi connectivity index (χ4v) is 2.78. The fourth-order valence-electron chi connectivity index (χ4n) is 2.78. The first-order valence-corrected chi connectivity index (χ1v) is 7.40. The Bertz CT molecular complexity index is 511. The summed E-state index contributed by atoms with van der Waals surface area (Å²) in [7, 11) is 0. The highest BCUT2D eigenvalue weighted by atomic mass is 14.2. The summed E-state index contributed by atoms with van der Waals surface area (Å²) < 4.78 is 0. The van der Waals surface area contributed by atoms with Crippen LogP contribution >= 0.6 is 0 Å². The molecule has 100 valence electrons. The lowest BCUT2D eigenvalue weighted by atomic mass is 9.86. The largest absolute Gasteiger partial charge is 0.0648 e. The number of aryl methyl sites for hydroxylation is 1. The summed E-state index contributed by atoms with van der Waals surface area (Å²) in [5, 5.41) is 0. The topological polar surface area (TPSA) is 0 Å². The molecule has 0 fully saturated rings. The molecule has 0 bridgehead atoms. The number of hydrogen-bond donors (Lipinski definition) is 0. The molecule has 0 aliphatic carbocycles. The number of hydrogen-bond acceptors (Lipinski definition) is 0. The summed E-state index contributed by atoms with van der Waals surface area (Å²) in [5.41, 5.74) is 6.00. The molecule has 0 aromatic heterocycles. The second-order valence-electron chi connectivity index (χ2n) is 5.32. The highest BCUT2D eigenvalue weighted by Gasteiger charge is 2.13. The molecular weight excluding hydrogens is 228 g/mol. The molecule has 1 unspecified atom stereocenters. The van der Waals surface area contributed by atoms with Gasteiger partial charge in [0.1, 0.15) is 0 Å². The Kier molecular flexibility index (Phi) is 4.79. The van der Waals surface area contributed by atoms with Gasteiger partial charge in [-0.2, -0.15) is 0 Å². The summed E-state index contributed by atoms with van der Waals surface area (Å²) in [6.45, 7) is 6.89. The maximum absolute atomic E-state index is 2.35. The van der Waals surface area contributed by atoms with Crippen LogP contribution in [0.3, 0.4) is 0 Å². The van der Waals surface area contributed by atoms with E-state index < -0.39 is 0 Å². The van der Waals surface area contributed by atoms with E-state index in [2.05, 4.69) is 69.3 Å². The van der Waals surface area contributed by atoms with Crippen LogP contribution in [-0.2, 0) is 12.8 Å². The van der Waals surface area contributed by atoms with Crippen molar-refractivity contribution < 1.29 is 0 Å². The third-order valence-corrected chi connectivity index (χ3v) is 4.01. The molecule has 0 amide bonds. The first kappa shape index (κ1) is 13.9. The zero-order chi connectivity index (χ0) is 13.7. The van der Waals surface area contributed by atoms with E-state index in [-0.39, 0.29) is 0 Å². The van der Waals surface area contributed by atoms with Crippen LogP contribution < -0.4 is 0 Å². The van der Waals surface area contributed by atoms with Gasteiger partial charge in [-0.05, 0) is 47.4 Å². The van der Waals surface area contributed by atoms with Crippen molar-refractivity contribution in [3.05, 3.63) is 70.8 Å². The SMILES string of the molecule is CCc1cccc(Cc2ccccc2)c1C(C)CC. The van der Waals surface area contributed by atoms with Gasteiger partial charge in [0.15, 0.2) is 0 Å². The molecule has 1 atom stereocenters. The molecule has 0 aliphatic heterocycles. The Morgan fingerprint density at radius 1 is 0.842 bits per heavy atom. The van der Waals surface area contributed by atoms with Crippen LogP contribution in [0.15, 0.2) is 48.5 Å². The molecule has 2 aromatic rings. The highest BCUT2D eigenvalue weighted by molar-refractivity contribution is 5.40. The van der Waals surface area contributed by atoms with Crippen LogP contribution in [0.25, 0.3) is 0 Å². The minimum atomic E-state index is 0.648. The molecule has 0 heterocycles. The maximum Gasteiger partial charge on any atom is -0.00228 e. The van der Waals surface area contributed by atoms with Gasteiger partial charge in [-0.1, -0.05) is 69.3 Å². The summed E-state index contributed by atoms with van der Waals surface area (Å²) in [5.74, 6) is 0.648. The minimum Gasteiger partial charge on any atom is -0.0648 e. The third kappa shape index (κ3) is 3.26. The average Bonchev–Trinajstić information content (AvgIpc) is 2.47. The zero-order valence-electron chi connectivity index (χ0n) is 12.3. The maximum atomic E-state index is 2.35. The van der Waals surface area contributed by atoms with E-state index in [1.807, 2.05) is 0 Å². The average molecular weight is 252 g/mol. The predicted molar refractivity (Wildman–Crippen MR) is 83.8 cm³/mol. The second-order valence-corrected chi connectivity index (χ2v) is 5.32. The number of benzene rings is 2. The van der Waals surface area contributed by atoms with Gasteiger partial charge in [-0.15, -0.1) is 0 Å². The number of rotatable bonds is 5.